The van der Waals surface area contributed by atoms with Gasteiger partial charge < -0.3 is 15.4 Å². The van der Waals surface area contributed by atoms with Crippen molar-refractivity contribution in [1.29, 1.82) is 0 Å². The van der Waals surface area contributed by atoms with Crippen LogP contribution < -0.4 is 10.6 Å². The van der Waals surface area contributed by atoms with Crippen LogP contribution in [0.2, 0.25) is 0 Å². The van der Waals surface area contributed by atoms with Crippen LogP contribution in [-0.4, -0.2) is 46.9 Å². The second kappa shape index (κ2) is 8.21. The van der Waals surface area contributed by atoms with Crippen LogP contribution in [0.3, 0.4) is 0 Å². The number of hydrogen-bond acceptors (Lipinski definition) is 4. The van der Waals surface area contributed by atoms with E-state index in [0.717, 1.165) is 37.1 Å². The van der Waals surface area contributed by atoms with Crippen molar-refractivity contribution in [2.45, 2.75) is 20.4 Å². The largest absolute Gasteiger partial charge is 0.380 e. The average Bonchev–Trinajstić information content (AvgIpc) is 2.92. The second-order valence-corrected chi connectivity index (χ2v) is 4.36. The van der Waals surface area contributed by atoms with E-state index in [2.05, 4.69) is 25.8 Å². The fourth-order valence-electron chi connectivity index (χ4n) is 1.88. The van der Waals surface area contributed by atoms with Crippen molar-refractivity contribution in [1.82, 2.24) is 25.2 Å². The van der Waals surface area contributed by atoms with Crippen molar-refractivity contribution in [3.05, 3.63) is 30.2 Å². The molecular weight excluding hydrogens is 268 g/mol. The zero-order valence-corrected chi connectivity index (χ0v) is 12.5. The number of fused-ring (bicyclic) bond motifs is 1. The van der Waals surface area contributed by atoms with Crippen LogP contribution >= 0.6 is 0 Å². The summed E-state index contributed by atoms with van der Waals surface area (Å²) < 4.78 is 7.24. The first kappa shape index (κ1) is 15.2. The summed E-state index contributed by atoms with van der Waals surface area (Å²) in [6.07, 6.45) is 1.94. The van der Waals surface area contributed by atoms with Crippen molar-refractivity contribution >= 4 is 11.6 Å². The second-order valence-electron chi connectivity index (χ2n) is 4.36. The third-order valence-electron chi connectivity index (χ3n) is 2.85. The van der Waals surface area contributed by atoms with Crippen LogP contribution in [0.1, 0.15) is 19.7 Å². The van der Waals surface area contributed by atoms with Crippen LogP contribution in [0.4, 0.5) is 0 Å². The molecule has 2 aromatic heterocycles. The third kappa shape index (κ3) is 4.42. The molecule has 2 rings (SSSR count). The minimum absolute atomic E-state index is 0.467. The molecule has 2 aromatic rings. The lowest BCUT2D eigenvalue weighted by molar-refractivity contribution is 0.152. The summed E-state index contributed by atoms with van der Waals surface area (Å²) in [6.45, 7) is 7.40. The Morgan fingerprint density at radius 1 is 1.29 bits per heavy atom. The molecule has 0 saturated heterocycles. The van der Waals surface area contributed by atoms with Crippen molar-refractivity contribution in [2.75, 3.05) is 26.3 Å². The number of ether oxygens (including phenoxy) is 1. The number of aliphatic imine (C=N–C) groups is 1. The highest BCUT2D eigenvalue weighted by atomic mass is 16.5. The monoisotopic (exact) mass is 290 g/mol. The Labute approximate surface area is 124 Å². The van der Waals surface area contributed by atoms with Gasteiger partial charge in [0.05, 0.1) is 6.61 Å². The molecule has 0 radical (unpaired) electrons. The number of nitrogens with one attached hydrogen (secondary N) is 2. The van der Waals surface area contributed by atoms with Crippen molar-refractivity contribution in [2.24, 2.45) is 4.99 Å². The van der Waals surface area contributed by atoms with E-state index in [9.17, 15) is 0 Å². The van der Waals surface area contributed by atoms with Gasteiger partial charge >= 0.3 is 0 Å². The van der Waals surface area contributed by atoms with Gasteiger partial charge in [-0.1, -0.05) is 6.07 Å². The summed E-state index contributed by atoms with van der Waals surface area (Å²) in [5.74, 6) is 1.57. The predicted molar refractivity (Wildman–Crippen MR) is 82.3 cm³/mol. The molecule has 0 aliphatic rings. The van der Waals surface area contributed by atoms with Gasteiger partial charge in [-0.05, 0) is 26.0 Å². The average molecular weight is 290 g/mol. The maximum Gasteiger partial charge on any atom is 0.191 e. The Bertz CT molecular complexity index is 580. The van der Waals surface area contributed by atoms with Crippen LogP contribution in [0.5, 0.6) is 0 Å². The number of rotatable bonds is 7. The van der Waals surface area contributed by atoms with E-state index in [0.29, 0.717) is 13.2 Å². The van der Waals surface area contributed by atoms with E-state index in [-0.39, 0.29) is 0 Å². The quantitative estimate of drug-likeness (QED) is 0.448. The molecule has 0 bridgehead atoms. The van der Waals surface area contributed by atoms with E-state index in [1.807, 2.05) is 42.6 Å². The number of aromatic nitrogens is 3. The standard InChI is InChI=1S/C14H22N6O/c1-3-15-14(16-8-10-21-4-2)17-11-13-19-18-12-7-5-6-9-20(12)13/h5-7,9H,3-4,8,10-11H2,1-2H3,(H2,15,16,17). The lowest BCUT2D eigenvalue weighted by atomic mass is 10.4. The zero-order valence-electron chi connectivity index (χ0n) is 12.5. The van der Waals surface area contributed by atoms with Gasteiger partial charge in [0.1, 0.15) is 6.54 Å². The van der Waals surface area contributed by atoms with E-state index in [4.69, 9.17) is 4.74 Å². The fourth-order valence-corrected chi connectivity index (χ4v) is 1.88. The first-order chi connectivity index (χ1) is 10.3. The maximum absolute atomic E-state index is 5.30. The molecule has 114 valence electrons. The molecule has 0 unspecified atom stereocenters. The third-order valence-corrected chi connectivity index (χ3v) is 2.85. The molecule has 0 spiro atoms. The molecule has 7 nitrogen and oxygen atoms in total. The summed E-state index contributed by atoms with van der Waals surface area (Å²) >= 11 is 0. The Morgan fingerprint density at radius 3 is 3.00 bits per heavy atom. The minimum atomic E-state index is 0.467. The molecule has 0 fully saturated rings. The van der Waals surface area contributed by atoms with Gasteiger partial charge in [-0.25, -0.2) is 4.99 Å². The summed E-state index contributed by atoms with van der Waals surface area (Å²) in [5, 5.41) is 14.7. The highest BCUT2D eigenvalue weighted by molar-refractivity contribution is 5.79. The molecule has 2 N–H and O–H groups in total. The van der Waals surface area contributed by atoms with E-state index in [1.165, 1.54) is 0 Å². The highest BCUT2D eigenvalue weighted by Gasteiger charge is 2.04. The lowest BCUT2D eigenvalue weighted by Gasteiger charge is -2.10. The molecule has 0 atom stereocenters. The molecule has 0 saturated carbocycles. The highest BCUT2D eigenvalue weighted by Crippen LogP contribution is 2.03. The first-order valence-corrected chi connectivity index (χ1v) is 7.23. The van der Waals surface area contributed by atoms with Crippen LogP contribution in [-0.2, 0) is 11.3 Å². The van der Waals surface area contributed by atoms with Crippen molar-refractivity contribution in [3.8, 4) is 0 Å². The van der Waals surface area contributed by atoms with Gasteiger partial charge in [0.15, 0.2) is 17.4 Å². The summed E-state index contributed by atoms with van der Waals surface area (Å²) in [5.41, 5.74) is 0.831. The SMILES string of the molecule is CCNC(=NCc1nnc2ccccn12)NCCOCC. The minimum Gasteiger partial charge on any atom is -0.380 e. The fraction of sp³-hybridized carbons (Fsp3) is 0.500. The Hall–Kier alpha value is -2.15. The summed E-state index contributed by atoms with van der Waals surface area (Å²) in [4.78, 5) is 4.52. The van der Waals surface area contributed by atoms with E-state index >= 15 is 0 Å². The molecule has 2 heterocycles. The lowest BCUT2D eigenvalue weighted by Crippen LogP contribution is -2.39. The molecule has 0 amide bonds. The molecule has 0 aliphatic heterocycles. The Kier molecular flexibility index (Phi) is 5.96. The number of nitrogens with zero attached hydrogens (tertiary/aromatic N) is 4. The van der Waals surface area contributed by atoms with Crippen molar-refractivity contribution in [3.63, 3.8) is 0 Å². The van der Waals surface area contributed by atoms with Crippen molar-refractivity contribution < 1.29 is 4.74 Å². The smallest absolute Gasteiger partial charge is 0.191 e. The summed E-state index contributed by atoms with van der Waals surface area (Å²) in [6, 6.07) is 5.82. The van der Waals surface area contributed by atoms with Gasteiger partial charge in [0.2, 0.25) is 0 Å². The first-order valence-electron chi connectivity index (χ1n) is 7.23. The maximum atomic E-state index is 5.30. The van der Waals surface area contributed by atoms with Gasteiger partial charge in [-0.2, -0.15) is 0 Å². The van der Waals surface area contributed by atoms with Gasteiger partial charge in [0, 0.05) is 25.9 Å². The molecule has 21 heavy (non-hydrogen) atoms. The number of pyridine rings is 1. The number of hydrogen-bond donors (Lipinski definition) is 2. The molecule has 0 aromatic carbocycles. The predicted octanol–water partition coefficient (Wildman–Crippen LogP) is 0.821. The Morgan fingerprint density at radius 2 is 2.19 bits per heavy atom. The zero-order chi connectivity index (χ0) is 14.9. The topological polar surface area (TPSA) is 75.8 Å². The van der Waals surface area contributed by atoms with Crippen LogP contribution in [0.25, 0.3) is 5.65 Å². The van der Waals surface area contributed by atoms with E-state index in [1.54, 1.807) is 0 Å². The van der Waals surface area contributed by atoms with Gasteiger partial charge in [-0.3, -0.25) is 4.40 Å². The van der Waals surface area contributed by atoms with Gasteiger partial charge in [-0.15, -0.1) is 10.2 Å². The van der Waals surface area contributed by atoms with Crippen LogP contribution in [0.15, 0.2) is 29.4 Å². The van der Waals surface area contributed by atoms with E-state index < -0.39 is 0 Å². The summed E-state index contributed by atoms with van der Waals surface area (Å²) in [7, 11) is 0. The number of guanidine groups is 1. The molecule has 7 heteroatoms. The molecule has 0 aliphatic carbocycles. The Balaban J connectivity index is 1.98. The van der Waals surface area contributed by atoms with Gasteiger partial charge in [0.25, 0.3) is 0 Å². The molecular formula is C14H22N6O. The van der Waals surface area contributed by atoms with Crippen LogP contribution in [0, 0.1) is 0 Å². The normalized spacial score (nSPS) is 11.8.